The SMILES string of the molecule is Nc1ccc(C(F)(F)F)c(-c2cncc(F)c2)c1. The van der Waals surface area contributed by atoms with E-state index in [1.54, 1.807) is 0 Å². The van der Waals surface area contributed by atoms with Gasteiger partial charge in [-0.3, -0.25) is 4.98 Å². The smallest absolute Gasteiger partial charge is 0.399 e. The Bertz CT molecular complexity index is 579. The van der Waals surface area contributed by atoms with Crippen LogP contribution in [0.15, 0.2) is 36.7 Å². The number of nitrogens with two attached hydrogens (primary N) is 1. The van der Waals surface area contributed by atoms with E-state index < -0.39 is 17.6 Å². The molecule has 0 aliphatic rings. The molecule has 0 saturated heterocycles. The highest BCUT2D eigenvalue weighted by Gasteiger charge is 2.33. The lowest BCUT2D eigenvalue weighted by Gasteiger charge is -2.13. The summed E-state index contributed by atoms with van der Waals surface area (Å²) in [5.41, 5.74) is 4.61. The Morgan fingerprint density at radius 2 is 1.78 bits per heavy atom. The van der Waals surface area contributed by atoms with Gasteiger partial charge in [-0.05, 0) is 29.8 Å². The zero-order valence-electron chi connectivity index (χ0n) is 9.00. The minimum Gasteiger partial charge on any atom is -0.399 e. The molecule has 1 aromatic carbocycles. The van der Waals surface area contributed by atoms with Crippen LogP contribution in [0.3, 0.4) is 0 Å². The fourth-order valence-corrected chi connectivity index (χ4v) is 1.61. The Morgan fingerprint density at radius 1 is 1.06 bits per heavy atom. The van der Waals surface area contributed by atoms with Crippen LogP contribution in [0.1, 0.15) is 5.56 Å². The normalized spacial score (nSPS) is 11.6. The molecule has 0 bridgehead atoms. The maximum absolute atomic E-state index is 13.0. The van der Waals surface area contributed by atoms with Crippen LogP contribution in [0.4, 0.5) is 23.2 Å². The van der Waals surface area contributed by atoms with Gasteiger partial charge < -0.3 is 5.73 Å². The summed E-state index contributed by atoms with van der Waals surface area (Å²) in [7, 11) is 0. The monoisotopic (exact) mass is 256 g/mol. The van der Waals surface area contributed by atoms with Crippen LogP contribution in [0.2, 0.25) is 0 Å². The highest BCUT2D eigenvalue weighted by atomic mass is 19.4. The number of halogens is 4. The summed E-state index contributed by atoms with van der Waals surface area (Å²) in [5.74, 6) is -0.706. The first-order valence-corrected chi connectivity index (χ1v) is 4.95. The lowest BCUT2D eigenvalue weighted by atomic mass is 10.00. The van der Waals surface area contributed by atoms with E-state index in [0.717, 1.165) is 36.7 Å². The zero-order valence-corrected chi connectivity index (χ0v) is 9.00. The topological polar surface area (TPSA) is 38.9 Å². The number of alkyl halides is 3. The molecule has 0 radical (unpaired) electrons. The summed E-state index contributed by atoms with van der Waals surface area (Å²) < 4.78 is 51.4. The zero-order chi connectivity index (χ0) is 13.3. The minimum absolute atomic E-state index is 0.0367. The molecule has 94 valence electrons. The van der Waals surface area contributed by atoms with Gasteiger partial charge in [-0.15, -0.1) is 0 Å². The summed E-state index contributed by atoms with van der Waals surface area (Å²) in [6.45, 7) is 0. The Morgan fingerprint density at radius 3 is 2.39 bits per heavy atom. The van der Waals surface area contributed by atoms with Gasteiger partial charge in [0.15, 0.2) is 0 Å². The number of hydrogen-bond donors (Lipinski definition) is 1. The van der Waals surface area contributed by atoms with Crippen molar-refractivity contribution in [2.45, 2.75) is 6.18 Å². The molecule has 1 heterocycles. The fourth-order valence-electron chi connectivity index (χ4n) is 1.61. The van der Waals surface area contributed by atoms with Crippen LogP contribution >= 0.6 is 0 Å². The van der Waals surface area contributed by atoms with Gasteiger partial charge in [0.1, 0.15) is 5.82 Å². The van der Waals surface area contributed by atoms with Crippen LogP contribution in [0, 0.1) is 5.82 Å². The molecule has 0 aliphatic carbocycles. The number of rotatable bonds is 1. The number of aromatic nitrogens is 1. The predicted molar refractivity (Wildman–Crippen MR) is 59.0 cm³/mol. The molecular formula is C12H8F4N2. The van der Waals surface area contributed by atoms with Crippen LogP contribution < -0.4 is 5.73 Å². The van der Waals surface area contributed by atoms with Gasteiger partial charge in [-0.25, -0.2) is 4.39 Å². The van der Waals surface area contributed by atoms with Crippen LogP contribution in [-0.2, 0) is 6.18 Å². The van der Waals surface area contributed by atoms with E-state index in [-0.39, 0.29) is 16.8 Å². The third-order valence-electron chi connectivity index (χ3n) is 2.36. The van der Waals surface area contributed by atoms with Crippen molar-refractivity contribution in [2.24, 2.45) is 0 Å². The molecule has 0 saturated carbocycles. The number of benzene rings is 1. The Balaban J connectivity index is 2.66. The first-order valence-electron chi connectivity index (χ1n) is 4.95. The molecule has 1 aromatic heterocycles. The average molecular weight is 256 g/mol. The van der Waals surface area contributed by atoms with E-state index >= 15 is 0 Å². The second-order valence-corrected chi connectivity index (χ2v) is 3.69. The molecule has 6 heteroatoms. The third kappa shape index (κ3) is 2.42. The van der Waals surface area contributed by atoms with Crippen molar-refractivity contribution in [3.05, 3.63) is 48.0 Å². The van der Waals surface area contributed by atoms with Gasteiger partial charge in [0, 0.05) is 17.4 Å². The number of hydrogen-bond acceptors (Lipinski definition) is 2. The van der Waals surface area contributed by atoms with E-state index in [1.165, 1.54) is 0 Å². The van der Waals surface area contributed by atoms with Gasteiger partial charge in [0.25, 0.3) is 0 Å². The van der Waals surface area contributed by atoms with Crippen molar-refractivity contribution in [1.29, 1.82) is 0 Å². The maximum Gasteiger partial charge on any atom is 0.417 e. The fraction of sp³-hybridized carbons (Fsp3) is 0.0833. The van der Waals surface area contributed by atoms with E-state index in [9.17, 15) is 17.6 Å². The summed E-state index contributed by atoms with van der Waals surface area (Å²) in [6, 6.07) is 4.16. The lowest BCUT2D eigenvalue weighted by Crippen LogP contribution is -2.07. The molecular weight excluding hydrogens is 248 g/mol. The van der Waals surface area contributed by atoms with Gasteiger partial charge in [-0.2, -0.15) is 13.2 Å². The van der Waals surface area contributed by atoms with Gasteiger partial charge in [-0.1, -0.05) is 0 Å². The standard InChI is InChI=1S/C12H8F4N2/c13-8-3-7(5-18-6-8)10-4-9(17)1-2-11(10)12(14,15)16/h1-6H,17H2. The summed E-state index contributed by atoms with van der Waals surface area (Å²) in [6.07, 6.45) is -2.45. The first kappa shape index (κ1) is 12.3. The lowest BCUT2D eigenvalue weighted by molar-refractivity contribution is -0.137. The van der Waals surface area contributed by atoms with Gasteiger partial charge in [0.2, 0.25) is 0 Å². The number of nitrogen functional groups attached to an aromatic ring is 1. The molecule has 0 fully saturated rings. The second-order valence-electron chi connectivity index (χ2n) is 3.69. The molecule has 2 aromatic rings. The Labute approximate surface area is 100 Å². The van der Waals surface area contributed by atoms with Crippen LogP contribution in [-0.4, -0.2) is 4.98 Å². The largest absolute Gasteiger partial charge is 0.417 e. The third-order valence-corrected chi connectivity index (χ3v) is 2.36. The average Bonchev–Trinajstić information content (AvgIpc) is 2.27. The molecule has 0 unspecified atom stereocenters. The number of pyridine rings is 1. The number of anilines is 1. The van der Waals surface area contributed by atoms with Gasteiger partial charge >= 0.3 is 6.18 Å². The summed E-state index contributed by atoms with van der Waals surface area (Å²) in [4.78, 5) is 3.53. The van der Waals surface area contributed by atoms with Crippen LogP contribution in [0.5, 0.6) is 0 Å². The van der Waals surface area contributed by atoms with E-state index in [4.69, 9.17) is 5.73 Å². The maximum atomic E-state index is 13.0. The van der Waals surface area contributed by atoms with E-state index in [0.29, 0.717) is 0 Å². The van der Waals surface area contributed by atoms with Gasteiger partial charge in [0.05, 0.1) is 11.8 Å². The quantitative estimate of drug-likeness (QED) is 0.626. The molecule has 2 nitrogen and oxygen atoms in total. The Hall–Kier alpha value is -2.11. The minimum atomic E-state index is -4.53. The highest BCUT2D eigenvalue weighted by molar-refractivity contribution is 5.71. The molecule has 0 atom stereocenters. The van der Waals surface area contributed by atoms with E-state index in [1.807, 2.05) is 0 Å². The van der Waals surface area contributed by atoms with Crippen molar-refractivity contribution in [3.8, 4) is 11.1 Å². The molecule has 2 N–H and O–H groups in total. The van der Waals surface area contributed by atoms with Crippen molar-refractivity contribution < 1.29 is 17.6 Å². The molecule has 0 spiro atoms. The summed E-state index contributed by atoms with van der Waals surface area (Å²) >= 11 is 0. The molecule has 2 rings (SSSR count). The summed E-state index contributed by atoms with van der Waals surface area (Å²) in [5, 5.41) is 0. The van der Waals surface area contributed by atoms with Crippen molar-refractivity contribution in [3.63, 3.8) is 0 Å². The number of nitrogens with zero attached hydrogens (tertiary/aromatic N) is 1. The van der Waals surface area contributed by atoms with Crippen molar-refractivity contribution in [2.75, 3.05) is 5.73 Å². The first-order chi connectivity index (χ1) is 8.38. The highest BCUT2D eigenvalue weighted by Crippen LogP contribution is 2.37. The predicted octanol–water partition coefficient (Wildman–Crippen LogP) is 3.49. The van der Waals surface area contributed by atoms with Crippen molar-refractivity contribution >= 4 is 5.69 Å². The molecule has 0 amide bonds. The Kier molecular flexibility index (Phi) is 2.94. The molecule has 18 heavy (non-hydrogen) atoms. The second kappa shape index (κ2) is 4.29. The van der Waals surface area contributed by atoms with Crippen molar-refractivity contribution in [1.82, 2.24) is 4.98 Å². The van der Waals surface area contributed by atoms with E-state index in [2.05, 4.69) is 4.98 Å². The van der Waals surface area contributed by atoms with Crippen LogP contribution in [0.25, 0.3) is 11.1 Å². The molecule has 0 aliphatic heterocycles.